The molecule has 1 unspecified atom stereocenters. The highest BCUT2D eigenvalue weighted by molar-refractivity contribution is 5.93. The number of amides is 1. The Morgan fingerprint density at radius 3 is 2.73 bits per heavy atom. The number of nitro benzene ring substituents is 1. The number of imidazole rings is 1. The number of piperidine rings is 1. The number of hydrogen-bond donors (Lipinski definition) is 1. The molecule has 0 radical (unpaired) electrons. The van der Waals surface area contributed by atoms with Gasteiger partial charge in [0.2, 0.25) is 5.91 Å². The number of nitrogens with one attached hydrogen (secondary N) is 1. The molecule has 1 aliphatic heterocycles. The molecule has 2 aromatic heterocycles. The maximum atomic E-state index is 12.7. The number of nitro groups is 1. The molecule has 154 valence electrons. The first kappa shape index (κ1) is 19.5. The van der Waals surface area contributed by atoms with Crippen molar-refractivity contribution in [3.63, 3.8) is 0 Å². The van der Waals surface area contributed by atoms with E-state index in [4.69, 9.17) is 0 Å². The fraction of sp³-hybridized carbons (Fsp3) is 0.300. The van der Waals surface area contributed by atoms with Crippen molar-refractivity contribution in [3.8, 4) is 5.82 Å². The van der Waals surface area contributed by atoms with Crippen LogP contribution in [0.4, 0.5) is 17.2 Å². The summed E-state index contributed by atoms with van der Waals surface area (Å²) in [7, 11) is 0. The molecule has 4 rings (SSSR count). The normalized spacial score (nSPS) is 16.3. The summed E-state index contributed by atoms with van der Waals surface area (Å²) in [4.78, 5) is 29.4. The second kappa shape index (κ2) is 8.27. The smallest absolute Gasteiger partial charge is 0.271 e. The Bertz CT molecular complexity index is 1060. The highest BCUT2D eigenvalue weighted by Gasteiger charge is 2.27. The number of aryl methyl sites for hydroxylation is 1. The van der Waals surface area contributed by atoms with Gasteiger partial charge in [0, 0.05) is 43.3 Å². The fourth-order valence-electron chi connectivity index (χ4n) is 3.58. The Balaban J connectivity index is 1.43. The quantitative estimate of drug-likeness (QED) is 0.510. The summed E-state index contributed by atoms with van der Waals surface area (Å²) in [6, 6.07) is 9.73. The maximum absolute atomic E-state index is 12.7. The maximum Gasteiger partial charge on any atom is 0.271 e. The van der Waals surface area contributed by atoms with Gasteiger partial charge in [-0.05, 0) is 38.0 Å². The summed E-state index contributed by atoms with van der Waals surface area (Å²) in [5.41, 5.74) is 0.368. The van der Waals surface area contributed by atoms with E-state index in [2.05, 4.69) is 20.5 Å². The minimum atomic E-state index is -0.481. The molecule has 0 aliphatic carbocycles. The standard InChI is InChI=1S/C20H21N7O3/c1-14-21-9-11-26(14)19-8-7-18(23-24-19)25-10-3-4-15(13-25)20(28)22-16-5-2-6-17(12-16)27(29)30/h2,5-9,11-12,15H,3-4,10,13H2,1H3,(H,22,28). The lowest BCUT2D eigenvalue weighted by atomic mass is 9.97. The molecule has 1 atom stereocenters. The SMILES string of the molecule is Cc1nccn1-c1ccc(N2CCCC(C(=O)Nc3cccc([N+](=O)[O-])c3)C2)nn1. The number of carbonyl (C=O) groups excluding carboxylic acids is 1. The zero-order valence-electron chi connectivity index (χ0n) is 16.4. The highest BCUT2D eigenvalue weighted by Crippen LogP contribution is 2.24. The van der Waals surface area contributed by atoms with Gasteiger partial charge in [-0.3, -0.25) is 19.5 Å². The molecule has 1 aromatic carbocycles. The van der Waals surface area contributed by atoms with E-state index in [1.807, 2.05) is 34.7 Å². The molecule has 1 aliphatic rings. The number of anilines is 2. The fourth-order valence-corrected chi connectivity index (χ4v) is 3.58. The molecule has 1 saturated heterocycles. The summed E-state index contributed by atoms with van der Waals surface area (Å²) in [5.74, 6) is 1.83. The van der Waals surface area contributed by atoms with Crippen LogP contribution in [0.1, 0.15) is 18.7 Å². The Hall–Kier alpha value is -3.82. The molecule has 1 fully saturated rings. The van der Waals surface area contributed by atoms with Crippen LogP contribution < -0.4 is 10.2 Å². The van der Waals surface area contributed by atoms with Gasteiger partial charge in [0.05, 0.1) is 10.8 Å². The molecule has 0 saturated carbocycles. The van der Waals surface area contributed by atoms with E-state index in [0.29, 0.717) is 23.9 Å². The van der Waals surface area contributed by atoms with Crippen LogP contribution in [0.2, 0.25) is 0 Å². The van der Waals surface area contributed by atoms with Crippen LogP contribution in [-0.4, -0.2) is 43.7 Å². The van der Waals surface area contributed by atoms with Crippen LogP contribution in [0.3, 0.4) is 0 Å². The minimum Gasteiger partial charge on any atom is -0.354 e. The molecule has 10 nitrogen and oxygen atoms in total. The van der Waals surface area contributed by atoms with Crippen molar-refractivity contribution in [2.75, 3.05) is 23.3 Å². The van der Waals surface area contributed by atoms with Gasteiger partial charge < -0.3 is 10.2 Å². The number of carbonyl (C=O) groups is 1. The summed E-state index contributed by atoms with van der Waals surface area (Å²) in [6.07, 6.45) is 5.13. The van der Waals surface area contributed by atoms with E-state index in [9.17, 15) is 14.9 Å². The predicted molar refractivity (Wildman–Crippen MR) is 111 cm³/mol. The van der Waals surface area contributed by atoms with Crippen molar-refractivity contribution in [2.24, 2.45) is 5.92 Å². The van der Waals surface area contributed by atoms with Gasteiger partial charge in [0.1, 0.15) is 5.82 Å². The number of non-ortho nitro benzene ring substituents is 1. The number of hydrogen-bond acceptors (Lipinski definition) is 7. The number of rotatable bonds is 5. The largest absolute Gasteiger partial charge is 0.354 e. The molecule has 3 heterocycles. The molecule has 1 amide bonds. The summed E-state index contributed by atoms with van der Waals surface area (Å²) in [6.45, 7) is 3.20. The van der Waals surface area contributed by atoms with Crippen molar-refractivity contribution in [1.82, 2.24) is 19.7 Å². The zero-order chi connectivity index (χ0) is 21.1. The van der Waals surface area contributed by atoms with Crippen LogP contribution >= 0.6 is 0 Å². The molecule has 3 aromatic rings. The second-order valence-corrected chi connectivity index (χ2v) is 7.18. The molecular weight excluding hydrogens is 386 g/mol. The lowest BCUT2D eigenvalue weighted by molar-refractivity contribution is -0.384. The van der Waals surface area contributed by atoms with Gasteiger partial charge in [-0.2, -0.15) is 0 Å². The first-order valence-electron chi connectivity index (χ1n) is 9.65. The summed E-state index contributed by atoms with van der Waals surface area (Å²) >= 11 is 0. The number of benzene rings is 1. The predicted octanol–water partition coefficient (Wildman–Crippen LogP) is 2.73. The van der Waals surface area contributed by atoms with E-state index in [0.717, 1.165) is 25.2 Å². The van der Waals surface area contributed by atoms with Crippen LogP contribution in [0.15, 0.2) is 48.8 Å². The van der Waals surface area contributed by atoms with E-state index in [-0.39, 0.29) is 17.5 Å². The molecule has 30 heavy (non-hydrogen) atoms. The molecule has 10 heteroatoms. The van der Waals surface area contributed by atoms with Gasteiger partial charge in [-0.25, -0.2) is 4.98 Å². The Kier molecular flexibility index (Phi) is 5.38. The monoisotopic (exact) mass is 407 g/mol. The molecule has 0 bridgehead atoms. The number of nitrogens with zero attached hydrogens (tertiary/aromatic N) is 6. The first-order valence-corrected chi connectivity index (χ1v) is 9.65. The van der Waals surface area contributed by atoms with Gasteiger partial charge >= 0.3 is 0 Å². The minimum absolute atomic E-state index is 0.0541. The van der Waals surface area contributed by atoms with Gasteiger partial charge in [-0.15, -0.1) is 10.2 Å². The van der Waals surface area contributed by atoms with Crippen LogP contribution in [0.5, 0.6) is 0 Å². The Morgan fingerprint density at radius 2 is 2.03 bits per heavy atom. The van der Waals surface area contributed by atoms with Crippen molar-refractivity contribution in [3.05, 3.63) is 64.7 Å². The molecular formula is C20H21N7O3. The topological polar surface area (TPSA) is 119 Å². The van der Waals surface area contributed by atoms with Gasteiger partial charge in [0.15, 0.2) is 11.6 Å². The molecule has 1 N–H and O–H groups in total. The third-order valence-electron chi connectivity index (χ3n) is 5.15. The Labute approximate surface area is 172 Å². The average molecular weight is 407 g/mol. The first-order chi connectivity index (χ1) is 14.5. The van der Waals surface area contributed by atoms with Crippen LogP contribution in [0, 0.1) is 23.0 Å². The second-order valence-electron chi connectivity index (χ2n) is 7.18. The van der Waals surface area contributed by atoms with Gasteiger partial charge in [-0.1, -0.05) is 6.07 Å². The lowest BCUT2D eigenvalue weighted by Crippen LogP contribution is -2.41. The Morgan fingerprint density at radius 1 is 1.23 bits per heavy atom. The van der Waals surface area contributed by atoms with Crippen molar-refractivity contribution < 1.29 is 9.72 Å². The average Bonchev–Trinajstić information content (AvgIpc) is 3.20. The molecule has 0 spiro atoms. The van der Waals surface area contributed by atoms with Crippen LogP contribution in [-0.2, 0) is 4.79 Å². The third-order valence-corrected chi connectivity index (χ3v) is 5.15. The van der Waals surface area contributed by atoms with Crippen molar-refractivity contribution in [2.45, 2.75) is 19.8 Å². The van der Waals surface area contributed by atoms with E-state index in [1.54, 1.807) is 18.3 Å². The third kappa shape index (κ3) is 4.12. The summed E-state index contributed by atoms with van der Waals surface area (Å²) in [5, 5.41) is 22.3. The highest BCUT2D eigenvalue weighted by atomic mass is 16.6. The van der Waals surface area contributed by atoms with Gasteiger partial charge in [0.25, 0.3) is 5.69 Å². The number of aromatic nitrogens is 4. The van der Waals surface area contributed by atoms with Crippen molar-refractivity contribution in [1.29, 1.82) is 0 Å². The van der Waals surface area contributed by atoms with Crippen LogP contribution in [0.25, 0.3) is 5.82 Å². The van der Waals surface area contributed by atoms with E-state index >= 15 is 0 Å². The summed E-state index contributed by atoms with van der Waals surface area (Å²) < 4.78 is 1.85. The van der Waals surface area contributed by atoms with E-state index < -0.39 is 4.92 Å². The zero-order valence-corrected chi connectivity index (χ0v) is 16.4. The van der Waals surface area contributed by atoms with Crippen molar-refractivity contribution >= 4 is 23.1 Å². The van der Waals surface area contributed by atoms with E-state index in [1.165, 1.54) is 12.1 Å². The lowest BCUT2D eigenvalue weighted by Gasteiger charge is -2.32.